The molecule has 0 aliphatic heterocycles. The van der Waals surface area contributed by atoms with Crippen molar-refractivity contribution in [3.8, 4) is 0 Å². The standard InChI is InChI=1S/C20H22N4O/c1-20(2,3)18-8-7-14(11-22-18)12-23-19(25)24-17-6-4-5-15-13-21-10-9-16(15)17/h4-11,13H,12H2,1-3H3,(H2,23,24,25). The van der Waals surface area contributed by atoms with Crippen LogP contribution < -0.4 is 10.6 Å². The normalized spacial score (nSPS) is 11.3. The Bertz CT molecular complexity index is 877. The summed E-state index contributed by atoms with van der Waals surface area (Å²) in [6, 6.07) is 11.4. The van der Waals surface area contributed by atoms with Gasteiger partial charge < -0.3 is 10.6 Å². The molecule has 3 aromatic rings. The lowest BCUT2D eigenvalue weighted by molar-refractivity contribution is 0.252. The van der Waals surface area contributed by atoms with E-state index in [0.717, 1.165) is 27.7 Å². The average molecular weight is 334 g/mol. The Morgan fingerprint density at radius 3 is 2.64 bits per heavy atom. The first kappa shape index (κ1) is 16.9. The number of urea groups is 1. The van der Waals surface area contributed by atoms with E-state index in [1.165, 1.54) is 0 Å². The second-order valence-electron chi connectivity index (χ2n) is 7.01. The summed E-state index contributed by atoms with van der Waals surface area (Å²) >= 11 is 0. The van der Waals surface area contributed by atoms with Gasteiger partial charge >= 0.3 is 6.03 Å². The number of fused-ring (bicyclic) bond motifs is 1. The van der Waals surface area contributed by atoms with Crippen molar-refractivity contribution in [3.05, 3.63) is 66.2 Å². The van der Waals surface area contributed by atoms with Crippen molar-refractivity contribution < 1.29 is 4.79 Å². The van der Waals surface area contributed by atoms with Crippen LogP contribution in [0.15, 0.2) is 55.0 Å². The number of nitrogens with zero attached hydrogens (tertiary/aromatic N) is 2. The van der Waals surface area contributed by atoms with Gasteiger partial charge in [0.25, 0.3) is 0 Å². The van der Waals surface area contributed by atoms with Crippen LogP contribution in [0.1, 0.15) is 32.0 Å². The van der Waals surface area contributed by atoms with Gasteiger partial charge in [0.05, 0.1) is 5.69 Å². The van der Waals surface area contributed by atoms with Crippen LogP contribution in [0.3, 0.4) is 0 Å². The first-order valence-corrected chi connectivity index (χ1v) is 8.26. The maximum absolute atomic E-state index is 12.2. The van der Waals surface area contributed by atoms with Crippen LogP contribution in [-0.4, -0.2) is 16.0 Å². The van der Waals surface area contributed by atoms with Crippen LogP contribution in [0.4, 0.5) is 10.5 Å². The lowest BCUT2D eigenvalue weighted by Crippen LogP contribution is -2.28. The number of rotatable bonds is 3. The lowest BCUT2D eigenvalue weighted by Gasteiger charge is -2.17. The van der Waals surface area contributed by atoms with Gasteiger partial charge in [-0.15, -0.1) is 0 Å². The van der Waals surface area contributed by atoms with E-state index in [2.05, 4.69) is 41.4 Å². The fourth-order valence-corrected chi connectivity index (χ4v) is 2.55. The fraction of sp³-hybridized carbons (Fsp3) is 0.250. The maximum Gasteiger partial charge on any atom is 0.319 e. The van der Waals surface area contributed by atoms with Crippen LogP contribution in [0.25, 0.3) is 10.8 Å². The molecule has 0 saturated heterocycles. The first-order valence-electron chi connectivity index (χ1n) is 8.26. The van der Waals surface area contributed by atoms with E-state index in [9.17, 15) is 4.79 Å². The Balaban J connectivity index is 1.63. The molecule has 2 N–H and O–H groups in total. The van der Waals surface area contributed by atoms with E-state index in [0.29, 0.717) is 6.54 Å². The van der Waals surface area contributed by atoms with Crippen molar-refractivity contribution in [2.45, 2.75) is 32.7 Å². The van der Waals surface area contributed by atoms with E-state index in [-0.39, 0.29) is 11.4 Å². The zero-order valence-corrected chi connectivity index (χ0v) is 14.7. The predicted octanol–water partition coefficient (Wildman–Crippen LogP) is 4.25. The molecule has 3 rings (SSSR count). The number of amides is 2. The van der Waals surface area contributed by atoms with E-state index in [4.69, 9.17) is 0 Å². The number of benzene rings is 1. The third-order valence-electron chi connectivity index (χ3n) is 3.98. The topological polar surface area (TPSA) is 66.9 Å². The second-order valence-corrected chi connectivity index (χ2v) is 7.01. The van der Waals surface area contributed by atoms with Crippen molar-refractivity contribution in [1.82, 2.24) is 15.3 Å². The smallest absolute Gasteiger partial charge is 0.319 e. The van der Waals surface area contributed by atoms with Crippen molar-refractivity contribution >= 4 is 22.5 Å². The molecule has 2 heterocycles. The van der Waals surface area contributed by atoms with Crippen LogP contribution in [-0.2, 0) is 12.0 Å². The quantitative estimate of drug-likeness (QED) is 0.752. The minimum atomic E-state index is -0.246. The van der Waals surface area contributed by atoms with Gasteiger partial charge in [0.2, 0.25) is 0 Å². The number of anilines is 1. The van der Waals surface area contributed by atoms with E-state index >= 15 is 0 Å². The van der Waals surface area contributed by atoms with Crippen LogP contribution in [0.5, 0.6) is 0 Å². The summed E-state index contributed by atoms with van der Waals surface area (Å²) in [5, 5.41) is 7.71. The predicted molar refractivity (Wildman–Crippen MR) is 101 cm³/mol. The van der Waals surface area contributed by atoms with Crippen molar-refractivity contribution in [3.63, 3.8) is 0 Å². The molecular formula is C20H22N4O. The molecule has 0 atom stereocenters. The summed E-state index contributed by atoms with van der Waals surface area (Å²) in [6.07, 6.45) is 5.30. The number of nitrogens with one attached hydrogen (secondary N) is 2. The molecule has 1 aromatic carbocycles. The van der Waals surface area contributed by atoms with Crippen LogP contribution >= 0.6 is 0 Å². The Labute approximate surface area is 147 Å². The molecule has 0 aliphatic carbocycles. The Morgan fingerprint density at radius 1 is 1.08 bits per heavy atom. The van der Waals surface area contributed by atoms with Gasteiger partial charge in [0, 0.05) is 47.0 Å². The van der Waals surface area contributed by atoms with Gasteiger partial charge in [-0.2, -0.15) is 0 Å². The Kier molecular flexibility index (Phi) is 4.65. The highest BCUT2D eigenvalue weighted by molar-refractivity contribution is 6.01. The molecular weight excluding hydrogens is 312 g/mol. The Hall–Kier alpha value is -2.95. The summed E-state index contributed by atoms with van der Waals surface area (Å²) in [5.41, 5.74) is 2.78. The monoisotopic (exact) mass is 334 g/mol. The molecule has 25 heavy (non-hydrogen) atoms. The highest BCUT2D eigenvalue weighted by Crippen LogP contribution is 2.22. The van der Waals surface area contributed by atoms with Crippen molar-refractivity contribution in [1.29, 1.82) is 0 Å². The minimum absolute atomic E-state index is 0.0204. The van der Waals surface area contributed by atoms with Crippen LogP contribution in [0, 0.1) is 0 Å². The molecule has 0 fully saturated rings. The van der Waals surface area contributed by atoms with Gasteiger partial charge in [-0.3, -0.25) is 9.97 Å². The summed E-state index contributed by atoms with van der Waals surface area (Å²) in [4.78, 5) is 20.8. The molecule has 0 saturated carbocycles. The molecule has 0 unspecified atom stereocenters. The molecule has 0 aliphatic rings. The van der Waals surface area contributed by atoms with Gasteiger partial charge in [-0.25, -0.2) is 4.79 Å². The molecule has 128 valence electrons. The number of carbonyl (C=O) groups excluding carboxylic acids is 1. The maximum atomic E-state index is 12.2. The molecule has 0 radical (unpaired) electrons. The zero-order valence-electron chi connectivity index (χ0n) is 14.7. The van der Waals surface area contributed by atoms with Gasteiger partial charge in [-0.05, 0) is 23.8 Å². The zero-order chi connectivity index (χ0) is 17.9. The summed E-state index contributed by atoms with van der Waals surface area (Å²) in [5.74, 6) is 0. The molecule has 5 nitrogen and oxygen atoms in total. The Morgan fingerprint density at radius 2 is 1.92 bits per heavy atom. The van der Waals surface area contributed by atoms with E-state index in [1.54, 1.807) is 12.4 Å². The fourth-order valence-electron chi connectivity index (χ4n) is 2.55. The lowest BCUT2D eigenvalue weighted by atomic mass is 9.91. The second kappa shape index (κ2) is 6.89. The van der Waals surface area contributed by atoms with Crippen molar-refractivity contribution in [2.24, 2.45) is 0 Å². The van der Waals surface area contributed by atoms with E-state index < -0.39 is 0 Å². The highest BCUT2D eigenvalue weighted by Gasteiger charge is 2.14. The third kappa shape index (κ3) is 4.12. The number of carbonyl (C=O) groups is 1. The number of hydrogen-bond donors (Lipinski definition) is 2. The van der Waals surface area contributed by atoms with Gasteiger partial charge in [-0.1, -0.05) is 39.0 Å². The molecule has 5 heteroatoms. The molecule has 2 aromatic heterocycles. The van der Waals surface area contributed by atoms with Crippen LogP contribution in [0.2, 0.25) is 0 Å². The average Bonchev–Trinajstić information content (AvgIpc) is 2.60. The number of aromatic nitrogens is 2. The van der Waals surface area contributed by atoms with E-state index in [1.807, 2.05) is 42.6 Å². The first-order chi connectivity index (χ1) is 11.9. The minimum Gasteiger partial charge on any atom is -0.334 e. The van der Waals surface area contributed by atoms with Gasteiger partial charge in [0.1, 0.15) is 0 Å². The summed E-state index contributed by atoms with van der Waals surface area (Å²) in [6.45, 7) is 6.80. The molecule has 0 spiro atoms. The number of hydrogen-bond acceptors (Lipinski definition) is 3. The van der Waals surface area contributed by atoms with Gasteiger partial charge in [0.15, 0.2) is 0 Å². The summed E-state index contributed by atoms with van der Waals surface area (Å²) < 4.78 is 0. The third-order valence-corrected chi connectivity index (χ3v) is 3.98. The SMILES string of the molecule is CC(C)(C)c1ccc(CNC(=O)Nc2cccc3cnccc23)cn1. The largest absolute Gasteiger partial charge is 0.334 e. The highest BCUT2D eigenvalue weighted by atomic mass is 16.2. The summed E-state index contributed by atoms with van der Waals surface area (Å²) in [7, 11) is 0. The van der Waals surface area contributed by atoms with Crippen molar-refractivity contribution in [2.75, 3.05) is 5.32 Å². The molecule has 2 amide bonds. The number of pyridine rings is 2. The molecule has 0 bridgehead atoms.